The molecule has 0 unspecified atom stereocenters. The fourth-order valence-electron chi connectivity index (χ4n) is 2.13. The summed E-state index contributed by atoms with van der Waals surface area (Å²) in [5.41, 5.74) is 2.13. The highest BCUT2D eigenvalue weighted by Crippen LogP contribution is 2.29. The third kappa shape index (κ3) is 3.11. The summed E-state index contributed by atoms with van der Waals surface area (Å²) >= 11 is 0. The molecule has 0 aliphatic rings. The van der Waals surface area contributed by atoms with E-state index >= 15 is 0 Å². The van der Waals surface area contributed by atoms with Crippen molar-refractivity contribution in [3.63, 3.8) is 0 Å². The van der Waals surface area contributed by atoms with Crippen LogP contribution in [-0.4, -0.2) is 30.6 Å². The Bertz CT molecular complexity index is 677. The summed E-state index contributed by atoms with van der Waals surface area (Å²) in [6, 6.07) is 9.24. The molecule has 1 aromatic carbocycles. The molecule has 0 saturated carbocycles. The Morgan fingerprint density at radius 3 is 2.45 bits per heavy atom. The van der Waals surface area contributed by atoms with Crippen LogP contribution in [0.15, 0.2) is 30.3 Å². The summed E-state index contributed by atoms with van der Waals surface area (Å²) in [5, 5.41) is 3.08. The van der Waals surface area contributed by atoms with E-state index in [9.17, 15) is 9.59 Å². The van der Waals surface area contributed by atoms with E-state index < -0.39 is 11.9 Å². The smallest absolute Gasteiger partial charge is 0.356 e. The summed E-state index contributed by atoms with van der Waals surface area (Å²) in [6.45, 7) is 3.68. The first-order valence-corrected chi connectivity index (χ1v) is 6.88. The average molecular weight is 302 g/mol. The van der Waals surface area contributed by atoms with Crippen LogP contribution < -0.4 is 5.32 Å². The predicted octanol–water partition coefficient (Wildman–Crippen LogP) is 3.03. The molecule has 2 rings (SSSR count). The molecule has 0 fully saturated rings. The number of H-pyrrole nitrogens is 1. The number of methoxy groups -OCH3 is 1. The summed E-state index contributed by atoms with van der Waals surface area (Å²) in [6.07, 6.45) is 0. The van der Waals surface area contributed by atoms with Crippen LogP contribution in [0.25, 0.3) is 0 Å². The van der Waals surface area contributed by atoms with E-state index in [-0.39, 0.29) is 12.3 Å². The van der Waals surface area contributed by atoms with E-state index in [2.05, 4.69) is 10.3 Å². The highest BCUT2D eigenvalue weighted by molar-refractivity contribution is 6.05. The number of aromatic nitrogens is 1. The number of esters is 2. The zero-order valence-electron chi connectivity index (χ0n) is 12.7. The van der Waals surface area contributed by atoms with Gasteiger partial charge in [-0.3, -0.25) is 0 Å². The van der Waals surface area contributed by atoms with Crippen molar-refractivity contribution in [1.29, 1.82) is 0 Å². The molecular weight excluding hydrogens is 284 g/mol. The van der Waals surface area contributed by atoms with E-state index in [0.29, 0.717) is 16.9 Å². The fraction of sp³-hybridized carbons (Fsp3) is 0.250. The van der Waals surface area contributed by atoms with Crippen molar-refractivity contribution in [2.75, 3.05) is 19.0 Å². The van der Waals surface area contributed by atoms with Crippen molar-refractivity contribution in [2.24, 2.45) is 0 Å². The number of benzene rings is 1. The molecule has 1 aromatic heterocycles. The number of ether oxygens (including phenoxy) is 2. The number of carbonyl (C=O) groups excluding carboxylic acids is 2. The Morgan fingerprint density at radius 2 is 1.86 bits per heavy atom. The van der Waals surface area contributed by atoms with Crippen LogP contribution in [0.5, 0.6) is 0 Å². The fourth-order valence-corrected chi connectivity index (χ4v) is 2.13. The van der Waals surface area contributed by atoms with Gasteiger partial charge in [-0.2, -0.15) is 0 Å². The third-order valence-corrected chi connectivity index (χ3v) is 3.10. The molecule has 6 nitrogen and oxygen atoms in total. The molecule has 0 spiro atoms. The maximum atomic E-state index is 12.2. The SMILES string of the molecule is CCOC(=O)c1c(C)[nH]c(C(=O)OC)c1Nc1ccccc1. The lowest BCUT2D eigenvalue weighted by molar-refractivity contribution is 0.0526. The predicted molar refractivity (Wildman–Crippen MR) is 82.6 cm³/mol. The first kappa shape index (κ1) is 15.6. The number of carbonyl (C=O) groups is 2. The molecule has 0 amide bonds. The second-order valence-electron chi connectivity index (χ2n) is 4.58. The number of para-hydroxylation sites is 1. The molecule has 0 aliphatic heterocycles. The Hall–Kier alpha value is -2.76. The third-order valence-electron chi connectivity index (χ3n) is 3.10. The van der Waals surface area contributed by atoms with Crippen molar-refractivity contribution < 1.29 is 19.1 Å². The number of hydrogen-bond donors (Lipinski definition) is 2. The minimum Gasteiger partial charge on any atom is -0.464 e. The van der Waals surface area contributed by atoms with Gasteiger partial charge in [-0.1, -0.05) is 18.2 Å². The van der Waals surface area contributed by atoms with E-state index in [1.54, 1.807) is 13.8 Å². The standard InChI is InChI=1S/C16H18N2O4/c1-4-22-15(19)12-10(2)17-14(16(20)21-3)13(12)18-11-8-6-5-7-9-11/h5-9,17-18H,4H2,1-3H3. The van der Waals surface area contributed by atoms with E-state index in [1.165, 1.54) is 7.11 Å². The van der Waals surface area contributed by atoms with Crippen molar-refractivity contribution in [1.82, 2.24) is 4.98 Å². The molecule has 0 saturated heterocycles. The van der Waals surface area contributed by atoms with E-state index in [0.717, 1.165) is 5.69 Å². The van der Waals surface area contributed by atoms with Crippen molar-refractivity contribution in [3.8, 4) is 0 Å². The van der Waals surface area contributed by atoms with Gasteiger partial charge in [-0.25, -0.2) is 9.59 Å². The van der Waals surface area contributed by atoms with Crippen molar-refractivity contribution >= 4 is 23.3 Å². The Morgan fingerprint density at radius 1 is 1.18 bits per heavy atom. The monoisotopic (exact) mass is 302 g/mol. The number of anilines is 2. The topological polar surface area (TPSA) is 80.4 Å². The number of hydrogen-bond acceptors (Lipinski definition) is 5. The van der Waals surface area contributed by atoms with E-state index in [4.69, 9.17) is 9.47 Å². The molecule has 0 aliphatic carbocycles. The van der Waals surface area contributed by atoms with Gasteiger partial charge in [0.15, 0.2) is 0 Å². The lowest BCUT2D eigenvalue weighted by atomic mass is 10.2. The van der Waals surface area contributed by atoms with Crippen LogP contribution in [0, 0.1) is 6.92 Å². The summed E-state index contributed by atoms with van der Waals surface area (Å²) < 4.78 is 9.82. The number of aromatic amines is 1. The number of rotatable bonds is 5. The first-order chi connectivity index (χ1) is 10.6. The van der Waals surface area contributed by atoms with Gasteiger partial charge in [0.1, 0.15) is 11.3 Å². The van der Waals surface area contributed by atoms with Gasteiger partial charge in [0.2, 0.25) is 0 Å². The van der Waals surface area contributed by atoms with E-state index in [1.807, 2.05) is 30.3 Å². The van der Waals surface area contributed by atoms with Gasteiger partial charge in [0.05, 0.1) is 19.4 Å². The van der Waals surface area contributed by atoms with Gasteiger partial charge in [-0.15, -0.1) is 0 Å². The molecular formula is C16H18N2O4. The Labute approximate surface area is 128 Å². The molecule has 0 bridgehead atoms. The van der Waals surface area contributed by atoms with Crippen LogP contribution in [0.3, 0.4) is 0 Å². The van der Waals surface area contributed by atoms with Gasteiger partial charge in [0.25, 0.3) is 0 Å². The summed E-state index contributed by atoms with van der Waals surface area (Å²) in [5.74, 6) is -1.05. The summed E-state index contributed by atoms with van der Waals surface area (Å²) in [7, 11) is 1.29. The molecule has 2 aromatic rings. The lowest BCUT2D eigenvalue weighted by Gasteiger charge is -2.09. The Kier molecular flexibility index (Phi) is 4.83. The minimum absolute atomic E-state index is 0.187. The van der Waals surface area contributed by atoms with Gasteiger partial charge < -0.3 is 19.8 Å². The quantitative estimate of drug-likeness (QED) is 0.830. The zero-order chi connectivity index (χ0) is 16.1. The first-order valence-electron chi connectivity index (χ1n) is 6.88. The van der Waals surface area contributed by atoms with Crippen LogP contribution in [0.1, 0.15) is 33.5 Å². The van der Waals surface area contributed by atoms with Gasteiger partial charge in [-0.05, 0) is 26.0 Å². The molecule has 22 heavy (non-hydrogen) atoms. The van der Waals surface area contributed by atoms with Crippen LogP contribution in [0.2, 0.25) is 0 Å². The van der Waals surface area contributed by atoms with Gasteiger partial charge in [0, 0.05) is 11.4 Å². The normalized spacial score (nSPS) is 10.1. The van der Waals surface area contributed by atoms with Crippen LogP contribution in [0.4, 0.5) is 11.4 Å². The minimum atomic E-state index is -0.558. The van der Waals surface area contributed by atoms with Crippen molar-refractivity contribution in [2.45, 2.75) is 13.8 Å². The molecule has 2 N–H and O–H groups in total. The maximum absolute atomic E-state index is 12.2. The number of aryl methyl sites for hydroxylation is 1. The zero-order valence-corrected chi connectivity index (χ0v) is 12.7. The molecule has 1 heterocycles. The van der Waals surface area contributed by atoms with Crippen LogP contribution in [-0.2, 0) is 9.47 Å². The second-order valence-corrected chi connectivity index (χ2v) is 4.58. The largest absolute Gasteiger partial charge is 0.464 e. The molecule has 0 radical (unpaired) electrons. The molecule has 6 heteroatoms. The lowest BCUT2D eigenvalue weighted by Crippen LogP contribution is -2.10. The highest BCUT2D eigenvalue weighted by atomic mass is 16.5. The molecule has 116 valence electrons. The average Bonchev–Trinajstić information content (AvgIpc) is 2.84. The summed E-state index contributed by atoms with van der Waals surface area (Å²) in [4.78, 5) is 27.0. The van der Waals surface area contributed by atoms with Crippen molar-refractivity contribution in [3.05, 3.63) is 47.3 Å². The second kappa shape index (κ2) is 6.80. The van der Waals surface area contributed by atoms with Gasteiger partial charge >= 0.3 is 11.9 Å². The Balaban J connectivity index is 2.51. The number of nitrogens with one attached hydrogen (secondary N) is 2. The molecule has 0 atom stereocenters. The van der Waals surface area contributed by atoms with Crippen LogP contribution >= 0.6 is 0 Å². The maximum Gasteiger partial charge on any atom is 0.356 e. The highest BCUT2D eigenvalue weighted by Gasteiger charge is 2.26.